The highest BCUT2D eigenvalue weighted by Crippen LogP contribution is 2.32. The Bertz CT molecular complexity index is 1270. The lowest BCUT2D eigenvalue weighted by Gasteiger charge is -2.31. The molecule has 1 atom stereocenters. The quantitative estimate of drug-likeness (QED) is 0.438. The van der Waals surface area contributed by atoms with Crippen LogP contribution in [0.25, 0.3) is 0 Å². The molecule has 3 aromatic carbocycles. The predicted molar refractivity (Wildman–Crippen MR) is 126 cm³/mol. The van der Waals surface area contributed by atoms with E-state index in [4.69, 9.17) is 4.74 Å². The van der Waals surface area contributed by atoms with Gasteiger partial charge in [0.05, 0.1) is 13.3 Å². The van der Waals surface area contributed by atoms with Gasteiger partial charge in [-0.3, -0.25) is 19.5 Å². The second-order valence-corrected chi connectivity index (χ2v) is 7.28. The number of nitrogens with zero attached hydrogens (tertiary/aromatic N) is 3. The first-order valence-corrected chi connectivity index (χ1v) is 10.4. The van der Waals surface area contributed by atoms with Crippen molar-refractivity contribution >= 4 is 23.2 Å². The smallest absolute Gasteiger partial charge is 0.279 e. The zero-order chi connectivity index (χ0) is 23.9. The van der Waals surface area contributed by atoms with E-state index in [1.165, 1.54) is 54.9 Å². The van der Waals surface area contributed by atoms with Gasteiger partial charge in [-0.1, -0.05) is 30.3 Å². The average molecular weight is 456 g/mol. The number of methoxy groups -OCH3 is 1. The van der Waals surface area contributed by atoms with Crippen LogP contribution in [0.5, 0.6) is 5.75 Å². The Balaban J connectivity index is 1.84. The molecule has 170 valence electrons. The van der Waals surface area contributed by atoms with Gasteiger partial charge in [0.2, 0.25) is 0 Å². The lowest BCUT2D eigenvalue weighted by Crippen LogP contribution is -2.42. The molecule has 2 amide bonds. The van der Waals surface area contributed by atoms with Gasteiger partial charge in [-0.25, -0.2) is 9.37 Å². The Hall–Kier alpha value is -4.59. The number of rotatable bonds is 7. The van der Waals surface area contributed by atoms with Crippen molar-refractivity contribution in [2.75, 3.05) is 17.3 Å². The summed E-state index contributed by atoms with van der Waals surface area (Å²) in [6.07, 6.45) is 4.22. The van der Waals surface area contributed by atoms with Crippen molar-refractivity contribution in [1.29, 1.82) is 0 Å². The van der Waals surface area contributed by atoms with Crippen LogP contribution in [0, 0.1) is 5.82 Å². The molecule has 0 saturated carbocycles. The number of nitrogens with one attached hydrogen (secondary N) is 1. The van der Waals surface area contributed by atoms with Gasteiger partial charge in [-0.15, -0.1) is 0 Å². The summed E-state index contributed by atoms with van der Waals surface area (Å²) in [5.74, 6) is -0.912. The van der Waals surface area contributed by atoms with Crippen molar-refractivity contribution in [3.63, 3.8) is 0 Å². The zero-order valence-corrected chi connectivity index (χ0v) is 18.3. The number of amides is 2. The summed E-state index contributed by atoms with van der Waals surface area (Å²) in [6, 6.07) is 20.0. The first kappa shape index (κ1) is 22.6. The zero-order valence-electron chi connectivity index (χ0n) is 18.3. The van der Waals surface area contributed by atoms with Crippen LogP contribution in [0.2, 0.25) is 0 Å². The van der Waals surface area contributed by atoms with Crippen LogP contribution in [0.3, 0.4) is 0 Å². The highest BCUT2D eigenvalue weighted by Gasteiger charge is 2.34. The maximum atomic E-state index is 13.7. The summed E-state index contributed by atoms with van der Waals surface area (Å²) in [6.45, 7) is 0. The summed E-state index contributed by atoms with van der Waals surface area (Å²) in [5.41, 5.74) is 1.47. The fourth-order valence-electron chi connectivity index (χ4n) is 3.48. The molecule has 34 heavy (non-hydrogen) atoms. The van der Waals surface area contributed by atoms with Gasteiger partial charge in [0.1, 0.15) is 23.3 Å². The number of benzene rings is 3. The molecule has 4 aromatic rings. The number of carbonyl (C=O) groups excluding carboxylic acids is 2. The number of aromatic nitrogens is 2. The van der Waals surface area contributed by atoms with Gasteiger partial charge < -0.3 is 10.1 Å². The molecule has 0 aliphatic carbocycles. The van der Waals surface area contributed by atoms with Gasteiger partial charge in [0.15, 0.2) is 0 Å². The van der Waals surface area contributed by atoms with Crippen molar-refractivity contribution in [3.05, 3.63) is 115 Å². The molecule has 1 aromatic heterocycles. The summed E-state index contributed by atoms with van der Waals surface area (Å²) < 4.78 is 18.7. The minimum absolute atomic E-state index is 0.0776. The molecule has 0 aliphatic rings. The van der Waals surface area contributed by atoms with Crippen molar-refractivity contribution in [3.8, 4) is 5.75 Å². The lowest BCUT2D eigenvalue weighted by atomic mass is 10.0. The molecule has 8 heteroatoms. The molecule has 0 fully saturated rings. The van der Waals surface area contributed by atoms with Crippen molar-refractivity contribution in [1.82, 2.24) is 9.97 Å². The molecule has 0 aliphatic heterocycles. The molecule has 1 heterocycles. The first-order chi connectivity index (χ1) is 16.6. The average Bonchev–Trinajstić information content (AvgIpc) is 2.89. The molecule has 0 radical (unpaired) electrons. The van der Waals surface area contributed by atoms with Crippen LogP contribution < -0.4 is 15.0 Å². The first-order valence-electron chi connectivity index (χ1n) is 10.4. The van der Waals surface area contributed by atoms with Crippen molar-refractivity contribution in [2.45, 2.75) is 6.04 Å². The van der Waals surface area contributed by atoms with Crippen molar-refractivity contribution < 1.29 is 18.7 Å². The minimum Gasteiger partial charge on any atom is -0.497 e. The van der Waals surface area contributed by atoms with E-state index < -0.39 is 23.7 Å². The van der Waals surface area contributed by atoms with Gasteiger partial charge in [0.25, 0.3) is 11.8 Å². The number of para-hydroxylation sites is 1. The van der Waals surface area contributed by atoms with Crippen LogP contribution in [0.1, 0.15) is 22.1 Å². The van der Waals surface area contributed by atoms with E-state index in [9.17, 15) is 14.0 Å². The second-order valence-electron chi connectivity index (χ2n) is 7.28. The second kappa shape index (κ2) is 10.4. The maximum absolute atomic E-state index is 13.7. The minimum atomic E-state index is -1.10. The number of carbonyl (C=O) groups is 2. The van der Waals surface area contributed by atoms with Gasteiger partial charge in [-0.05, 0) is 54.1 Å². The van der Waals surface area contributed by atoms with Crippen LogP contribution >= 0.6 is 0 Å². The lowest BCUT2D eigenvalue weighted by molar-refractivity contribution is -0.117. The maximum Gasteiger partial charge on any atom is 0.279 e. The largest absolute Gasteiger partial charge is 0.497 e. The number of hydrogen-bond donors (Lipinski definition) is 1. The van der Waals surface area contributed by atoms with Crippen molar-refractivity contribution in [2.24, 2.45) is 0 Å². The van der Waals surface area contributed by atoms with Crippen LogP contribution in [-0.4, -0.2) is 28.9 Å². The fourth-order valence-corrected chi connectivity index (χ4v) is 3.48. The van der Waals surface area contributed by atoms with E-state index in [2.05, 4.69) is 15.3 Å². The van der Waals surface area contributed by atoms with E-state index in [0.717, 1.165) is 0 Å². The monoisotopic (exact) mass is 456 g/mol. The van der Waals surface area contributed by atoms with E-state index in [-0.39, 0.29) is 5.69 Å². The van der Waals surface area contributed by atoms with E-state index >= 15 is 0 Å². The number of halogens is 1. The molecule has 7 nitrogen and oxygen atoms in total. The van der Waals surface area contributed by atoms with Gasteiger partial charge >= 0.3 is 0 Å². The van der Waals surface area contributed by atoms with Crippen LogP contribution in [0.4, 0.5) is 15.8 Å². The fraction of sp³-hybridized carbons (Fsp3) is 0.0769. The van der Waals surface area contributed by atoms with Crippen LogP contribution in [0.15, 0.2) is 97.5 Å². The molecule has 0 spiro atoms. The molecule has 1 N–H and O–H groups in total. The molecule has 0 bridgehead atoms. The third-order valence-corrected chi connectivity index (χ3v) is 5.06. The SMILES string of the molecule is COc1cccc([C@@H](C(=O)Nc2ccc(F)cc2)N(C(=O)c2cnccn2)c2ccccc2)c1. The Morgan fingerprint density at radius 3 is 2.41 bits per heavy atom. The Kier molecular flexibility index (Phi) is 6.88. The number of hydrogen-bond acceptors (Lipinski definition) is 5. The topological polar surface area (TPSA) is 84.4 Å². The Labute approximate surface area is 195 Å². The Morgan fingerprint density at radius 1 is 0.971 bits per heavy atom. The molecule has 0 unspecified atom stereocenters. The normalized spacial score (nSPS) is 11.4. The number of ether oxygens (including phenoxy) is 1. The molecule has 4 rings (SSSR count). The predicted octanol–water partition coefficient (Wildman–Crippen LogP) is 4.65. The number of anilines is 2. The Morgan fingerprint density at radius 2 is 1.74 bits per heavy atom. The van der Waals surface area contributed by atoms with Gasteiger partial charge in [-0.2, -0.15) is 0 Å². The highest BCUT2D eigenvalue weighted by atomic mass is 19.1. The van der Waals surface area contributed by atoms with E-state index in [1.54, 1.807) is 48.5 Å². The van der Waals surface area contributed by atoms with E-state index in [0.29, 0.717) is 22.7 Å². The molecular formula is C26H21FN4O3. The summed E-state index contributed by atoms with van der Waals surface area (Å²) in [4.78, 5) is 36.8. The summed E-state index contributed by atoms with van der Waals surface area (Å²) in [7, 11) is 1.52. The molecular weight excluding hydrogens is 435 g/mol. The third-order valence-electron chi connectivity index (χ3n) is 5.06. The summed E-state index contributed by atoms with van der Waals surface area (Å²) in [5, 5.41) is 2.79. The van der Waals surface area contributed by atoms with Gasteiger partial charge in [0, 0.05) is 23.8 Å². The molecule has 0 saturated heterocycles. The standard InChI is InChI=1S/C26H21FN4O3/c1-34-22-9-5-6-18(16-22)24(25(32)30-20-12-10-19(27)11-13-20)31(21-7-3-2-4-8-21)26(33)23-17-28-14-15-29-23/h2-17,24H,1H3,(H,30,32)/t24-/m0/s1. The third kappa shape index (κ3) is 5.07. The highest BCUT2D eigenvalue weighted by molar-refractivity contribution is 6.11. The summed E-state index contributed by atoms with van der Waals surface area (Å²) >= 11 is 0. The van der Waals surface area contributed by atoms with E-state index in [1.807, 2.05) is 6.07 Å². The van der Waals surface area contributed by atoms with Crippen LogP contribution in [-0.2, 0) is 4.79 Å².